The summed E-state index contributed by atoms with van der Waals surface area (Å²) < 4.78 is 5.77. The normalized spacial score (nSPS) is 13.4. The van der Waals surface area contributed by atoms with E-state index in [1.807, 2.05) is 60.0 Å². The molecule has 5 aromatic rings. The first-order chi connectivity index (χ1) is 19.7. The quantitative estimate of drug-likeness (QED) is 0.277. The highest BCUT2D eigenvalue weighted by molar-refractivity contribution is 7.13. The lowest BCUT2D eigenvalue weighted by Gasteiger charge is -2.33. The topological polar surface area (TPSA) is 106 Å². The summed E-state index contributed by atoms with van der Waals surface area (Å²) in [4.78, 5) is 31.8. The molecule has 2 amide bonds. The second kappa shape index (κ2) is 11.7. The minimum Gasteiger partial charge on any atom is -0.467 e. The predicted octanol–water partition coefficient (Wildman–Crippen LogP) is 4.96. The number of amides is 2. The van der Waals surface area contributed by atoms with Crippen molar-refractivity contribution in [1.82, 2.24) is 25.5 Å². The summed E-state index contributed by atoms with van der Waals surface area (Å²) in [7, 11) is 0. The molecule has 0 saturated carbocycles. The third-order valence-electron chi connectivity index (χ3n) is 7.00. The Kier molecular flexibility index (Phi) is 7.49. The first kappa shape index (κ1) is 25.7. The number of tetrazole rings is 1. The number of fused-ring (bicyclic) bond motifs is 1. The molecule has 1 N–H and O–H groups in total. The Labute approximate surface area is 235 Å². The molecule has 0 saturated heterocycles. The minimum absolute atomic E-state index is 0.189. The van der Waals surface area contributed by atoms with E-state index in [0.717, 1.165) is 41.7 Å². The maximum Gasteiger partial charge on any atom is 0.251 e. The number of carbonyl (C=O) groups excluding carboxylic acids is 2. The number of nitrogens with one attached hydrogen (secondary N) is 1. The van der Waals surface area contributed by atoms with Crippen LogP contribution in [-0.2, 0) is 35.5 Å². The number of aryl methyl sites for hydroxylation is 1. The van der Waals surface area contributed by atoms with Crippen LogP contribution >= 0.6 is 11.3 Å². The van der Waals surface area contributed by atoms with E-state index in [4.69, 9.17) is 4.42 Å². The predicted molar refractivity (Wildman–Crippen MR) is 151 cm³/mol. The highest BCUT2D eigenvalue weighted by Gasteiger charge is 2.37. The summed E-state index contributed by atoms with van der Waals surface area (Å²) in [5.74, 6) is 0.143. The first-order valence-corrected chi connectivity index (χ1v) is 14.1. The molecule has 6 rings (SSSR count). The summed E-state index contributed by atoms with van der Waals surface area (Å²) in [6.07, 6.45) is 5.40. The summed E-state index contributed by atoms with van der Waals surface area (Å²) >= 11 is 1.50. The minimum atomic E-state index is -1.03. The second-order valence-corrected chi connectivity index (χ2v) is 10.6. The Morgan fingerprint density at radius 3 is 2.67 bits per heavy atom. The van der Waals surface area contributed by atoms with E-state index >= 15 is 0 Å². The molecule has 9 nitrogen and oxygen atoms in total. The van der Waals surface area contributed by atoms with Crippen molar-refractivity contribution < 1.29 is 14.0 Å². The fraction of sp³-hybridized carbons (Fsp3) is 0.233. The van der Waals surface area contributed by atoms with E-state index in [9.17, 15) is 9.59 Å². The zero-order chi connectivity index (χ0) is 27.3. The van der Waals surface area contributed by atoms with Gasteiger partial charge < -0.3 is 9.73 Å². The number of furan rings is 1. The fourth-order valence-corrected chi connectivity index (χ4v) is 5.77. The van der Waals surface area contributed by atoms with E-state index in [2.05, 4.69) is 26.8 Å². The van der Waals surface area contributed by atoms with E-state index in [-0.39, 0.29) is 18.4 Å². The molecule has 3 heterocycles. The molecule has 0 fully saturated rings. The van der Waals surface area contributed by atoms with Gasteiger partial charge in [0.1, 0.15) is 12.3 Å². The lowest BCUT2D eigenvalue weighted by molar-refractivity contribution is -0.127. The van der Waals surface area contributed by atoms with E-state index < -0.39 is 6.04 Å². The molecular weight excluding hydrogens is 524 g/mol. The average molecular weight is 553 g/mol. The standard InChI is InChI=1S/C30H28N6O3S/c37-27(20-35-33-29(32-34-35)26-16-8-18-40-26)36(24-14-6-12-22-11-4-5-13-23(22)24)28(25-15-7-17-39-25)30(38)31-19-21-9-2-1-3-10-21/h1-3,6-10,12,14-18,28H,4-5,11,13,19-20H2,(H,31,38). The molecule has 3 aromatic heterocycles. The zero-order valence-electron chi connectivity index (χ0n) is 21.8. The molecule has 2 aromatic carbocycles. The number of rotatable bonds is 9. The Morgan fingerprint density at radius 1 is 1.00 bits per heavy atom. The summed E-state index contributed by atoms with van der Waals surface area (Å²) in [5, 5.41) is 17.6. The van der Waals surface area contributed by atoms with Gasteiger partial charge in [-0.2, -0.15) is 4.80 Å². The van der Waals surface area contributed by atoms with Crippen molar-refractivity contribution in [1.29, 1.82) is 0 Å². The molecule has 0 aliphatic heterocycles. The van der Waals surface area contributed by atoms with Gasteiger partial charge >= 0.3 is 0 Å². The van der Waals surface area contributed by atoms with Gasteiger partial charge in [-0.25, -0.2) is 0 Å². The van der Waals surface area contributed by atoms with Crippen LogP contribution < -0.4 is 10.2 Å². The van der Waals surface area contributed by atoms with E-state index in [1.54, 1.807) is 17.0 Å². The van der Waals surface area contributed by atoms with Gasteiger partial charge in [0.2, 0.25) is 5.82 Å². The van der Waals surface area contributed by atoms with Gasteiger partial charge in [0.15, 0.2) is 6.04 Å². The van der Waals surface area contributed by atoms with Crippen molar-refractivity contribution >= 4 is 28.8 Å². The van der Waals surface area contributed by atoms with E-state index in [1.165, 1.54) is 28.0 Å². The molecule has 0 bridgehead atoms. The van der Waals surface area contributed by atoms with Crippen LogP contribution in [0.15, 0.2) is 88.9 Å². The maximum atomic E-state index is 14.2. The average Bonchev–Trinajstić information content (AvgIpc) is 3.78. The van der Waals surface area contributed by atoms with Crippen LogP contribution in [0.3, 0.4) is 0 Å². The molecule has 10 heteroatoms. The van der Waals surface area contributed by atoms with Gasteiger partial charge in [-0.1, -0.05) is 48.5 Å². The lowest BCUT2D eigenvalue weighted by atomic mass is 9.89. The van der Waals surface area contributed by atoms with Gasteiger partial charge in [-0.15, -0.1) is 21.5 Å². The van der Waals surface area contributed by atoms with Crippen LogP contribution in [0.25, 0.3) is 10.7 Å². The fourth-order valence-electron chi connectivity index (χ4n) is 5.12. The van der Waals surface area contributed by atoms with Crippen LogP contribution in [0.5, 0.6) is 0 Å². The van der Waals surface area contributed by atoms with Crippen molar-refractivity contribution in [3.05, 3.63) is 107 Å². The number of nitrogens with zero attached hydrogens (tertiary/aromatic N) is 5. The van der Waals surface area contributed by atoms with Gasteiger partial charge in [-0.3, -0.25) is 14.5 Å². The molecule has 40 heavy (non-hydrogen) atoms. The van der Waals surface area contributed by atoms with Crippen LogP contribution in [0.4, 0.5) is 5.69 Å². The number of anilines is 1. The van der Waals surface area contributed by atoms with Crippen LogP contribution in [0, 0.1) is 0 Å². The maximum absolute atomic E-state index is 14.2. The number of hydrogen-bond acceptors (Lipinski definition) is 7. The van der Waals surface area contributed by atoms with Crippen molar-refractivity contribution in [2.45, 2.75) is 44.8 Å². The van der Waals surface area contributed by atoms with Crippen molar-refractivity contribution in [3.63, 3.8) is 0 Å². The van der Waals surface area contributed by atoms with Crippen molar-refractivity contribution in [2.24, 2.45) is 0 Å². The molecule has 0 radical (unpaired) electrons. The van der Waals surface area contributed by atoms with Crippen LogP contribution in [-0.4, -0.2) is 32.0 Å². The van der Waals surface area contributed by atoms with Crippen LogP contribution in [0.2, 0.25) is 0 Å². The molecular formula is C30H28N6O3S. The van der Waals surface area contributed by atoms with Gasteiger partial charge in [-0.05, 0) is 77.2 Å². The molecule has 1 unspecified atom stereocenters. The van der Waals surface area contributed by atoms with Gasteiger partial charge in [0, 0.05) is 12.2 Å². The molecule has 1 atom stereocenters. The monoisotopic (exact) mass is 552 g/mol. The third kappa shape index (κ3) is 5.43. The van der Waals surface area contributed by atoms with Gasteiger partial charge in [0.05, 0.1) is 11.1 Å². The molecule has 202 valence electrons. The number of aromatic nitrogens is 4. The summed E-state index contributed by atoms with van der Waals surface area (Å²) in [6.45, 7) is 0.131. The molecule has 1 aliphatic carbocycles. The Morgan fingerprint density at radius 2 is 1.88 bits per heavy atom. The highest BCUT2D eigenvalue weighted by atomic mass is 32.1. The Balaban J connectivity index is 1.37. The highest BCUT2D eigenvalue weighted by Crippen LogP contribution is 2.36. The summed E-state index contributed by atoms with van der Waals surface area (Å²) in [5.41, 5.74) is 3.94. The number of benzene rings is 2. The van der Waals surface area contributed by atoms with Crippen molar-refractivity contribution in [3.8, 4) is 10.7 Å². The lowest BCUT2D eigenvalue weighted by Crippen LogP contribution is -2.45. The smallest absolute Gasteiger partial charge is 0.251 e. The summed E-state index contributed by atoms with van der Waals surface area (Å²) in [6, 6.07) is 21.9. The number of carbonyl (C=O) groups is 2. The SMILES string of the molecule is O=C(NCc1ccccc1)C(c1ccco1)N(C(=O)Cn1nnc(-c2cccs2)n1)c1cccc2c1CCCC2. The first-order valence-electron chi connectivity index (χ1n) is 13.3. The Hall–Kier alpha value is -4.57. The number of thiophene rings is 1. The largest absolute Gasteiger partial charge is 0.467 e. The zero-order valence-corrected chi connectivity index (χ0v) is 22.6. The van der Waals surface area contributed by atoms with Crippen LogP contribution in [0.1, 0.15) is 41.3 Å². The Bertz CT molecular complexity index is 1580. The second-order valence-electron chi connectivity index (χ2n) is 9.63. The third-order valence-corrected chi connectivity index (χ3v) is 7.87. The van der Waals surface area contributed by atoms with Gasteiger partial charge in [0.25, 0.3) is 11.8 Å². The molecule has 1 aliphatic rings. The van der Waals surface area contributed by atoms with E-state index in [0.29, 0.717) is 23.8 Å². The van der Waals surface area contributed by atoms with Crippen molar-refractivity contribution in [2.75, 3.05) is 4.90 Å². The molecule has 0 spiro atoms. The number of hydrogen-bond donors (Lipinski definition) is 1.